The molecule has 2 N–H and O–H groups in total. The highest BCUT2D eigenvalue weighted by atomic mass is 16.1. The average molecular weight is 288 g/mol. The Morgan fingerprint density at radius 2 is 1.86 bits per heavy atom. The molecule has 1 amide bonds. The van der Waals surface area contributed by atoms with E-state index in [2.05, 4.69) is 22.8 Å². The lowest BCUT2D eigenvalue weighted by molar-refractivity contribution is -0.120. The van der Waals surface area contributed by atoms with Gasteiger partial charge in [-0.15, -0.1) is 0 Å². The fraction of sp³-hybridized carbons (Fsp3) is 0.611. The van der Waals surface area contributed by atoms with Gasteiger partial charge in [0, 0.05) is 18.8 Å². The van der Waals surface area contributed by atoms with Crippen LogP contribution in [0.3, 0.4) is 0 Å². The lowest BCUT2D eigenvalue weighted by Gasteiger charge is -2.21. The number of hydrogen-bond donors (Lipinski definition) is 2. The highest BCUT2D eigenvalue weighted by Gasteiger charge is 2.12. The van der Waals surface area contributed by atoms with Crippen molar-refractivity contribution in [3.63, 3.8) is 0 Å². The van der Waals surface area contributed by atoms with E-state index in [1.807, 2.05) is 19.1 Å². The third kappa shape index (κ3) is 5.78. The van der Waals surface area contributed by atoms with Gasteiger partial charge in [-0.3, -0.25) is 4.79 Å². The Kier molecular flexibility index (Phi) is 6.58. The summed E-state index contributed by atoms with van der Waals surface area (Å²) in [4.78, 5) is 11.5. The molecule has 2 rings (SSSR count). The van der Waals surface area contributed by atoms with Crippen molar-refractivity contribution in [1.29, 1.82) is 0 Å². The number of nitrogens with one attached hydrogen (secondary N) is 2. The van der Waals surface area contributed by atoms with Crippen LogP contribution in [0.1, 0.15) is 51.0 Å². The maximum atomic E-state index is 11.5. The first-order valence-corrected chi connectivity index (χ1v) is 8.37. The summed E-state index contributed by atoms with van der Waals surface area (Å²) in [6.07, 6.45) is 8.83. The first-order valence-electron chi connectivity index (χ1n) is 8.37. The quantitative estimate of drug-likeness (QED) is 0.802. The lowest BCUT2D eigenvalue weighted by atomic mass is 9.87. The third-order valence-electron chi connectivity index (χ3n) is 4.30. The number of carbonyl (C=O) groups excluding carboxylic acids is 1. The summed E-state index contributed by atoms with van der Waals surface area (Å²) in [6, 6.07) is 8.24. The fourth-order valence-corrected chi connectivity index (χ4v) is 3.08. The van der Waals surface area contributed by atoms with Crippen LogP contribution in [0.15, 0.2) is 24.3 Å². The van der Waals surface area contributed by atoms with Crippen LogP contribution in [-0.2, 0) is 11.2 Å². The minimum Gasteiger partial charge on any atom is -0.385 e. The number of likely N-dealkylation sites (N-methyl/N-ethyl adjacent to an activating group) is 1. The molecule has 0 aliphatic heterocycles. The lowest BCUT2D eigenvalue weighted by Crippen LogP contribution is -2.24. The fourth-order valence-electron chi connectivity index (χ4n) is 3.08. The van der Waals surface area contributed by atoms with Gasteiger partial charge < -0.3 is 10.6 Å². The highest BCUT2D eigenvalue weighted by Crippen LogP contribution is 2.26. The zero-order valence-corrected chi connectivity index (χ0v) is 13.2. The minimum atomic E-state index is 0.0931. The van der Waals surface area contributed by atoms with E-state index < -0.39 is 0 Å². The second-order valence-corrected chi connectivity index (χ2v) is 6.05. The van der Waals surface area contributed by atoms with Crippen molar-refractivity contribution >= 4 is 11.6 Å². The molecule has 1 aliphatic carbocycles. The summed E-state index contributed by atoms with van der Waals surface area (Å²) in [6.45, 7) is 3.69. The second-order valence-electron chi connectivity index (χ2n) is 6.05. The number of hydrogen-bond acceptors (Lipinski definition) is 2. The van der Waals surface area contributed by atoms with E-state index in [1.165, 1.54) is 38.5 Å². The molecule has 1 saturated carbocycles. The summed E-state index contributed by atoms with van der Waals surface area (Å²) in [5.74, 6) is 1.01. The average Bonchev–Trinajstić information content (AvgIpc) is 2.50. The number of carbonyl (C=O) groups is 1. The molecule has 1 aromatic carbocycles. The van der Waals surface area contributed by atoms with Crippen LogP contribution in [0.4, 0.5) is 5.69 Å². The Hall–Kier alpha value is -1.51. The van der Waals surface area contributed by atoms with E-state index in [4.69, 9.17) is 0 Å². The third-order valence-corrected chi connectivity index (χ3v) is 4.30. The molecule has 1 aromatic rings. The molecule has 0 spiro atoms. The van der Waals surface area contributed by atoms with Crippen LogP contribution >= 0.6 is 0 Å². The van der Waals surface area contributed by atoms with Crippen LogP contribution in [0, 0.1) is 5.92 Å². The van der Waals surface area contributed by atoms with E-state index >= 15 is 0 Å². The number of benzene rings is 1. The van der Waals surface area contributed by atoms with Crippen LogP contribution in [0.2, 0.25) is 0 Å². The Morgan fingerprint density at radius 1 is 1.14 bits per heavy atom. The van der Waals surface area contributed by atoms with Gasteiger partial charge >= 0.3 is 0 Å². The molecular weight excluding hydrogens is 260 g/mol. The molecule has 0 unspecified atom stereocenters. The predicted octanol–water partition coefficient (Wildman–Crippen LogP) is 3.75. The van der Waals surface area contributed by atoms with Gasteiger partial charge in [0.25, 0.3) is 0 Å². The minimum absolute atomic E-state index is 0.0931. The molecule has 0 saturated heterocycles. The predicted molar refractivity (Wildman–Crippen MR) is 88.5 cm³/mol. The van der Waals surface area contributed by atoms with Gasteiger partial charge in [0.2, 0.25) is 5.91 Å². The van der Waals surface area contributed by atoms with Crippen molar-refractivity contribution in [3.05, 3.63) is 29.8 Å². The van der Waals surface area contributed by atoms with Crippen molar-refractivity contribution in [2.24, 2.45) is 5.92 Å². The SMILES string of the molecule is CCNC(=O)Cc1ccc(NCCC2CCCCC2)cc1. The molecule has 3 nitrogen and oxygen atoms in total. The van der Waals surface area contributed by atoms with Gasteiger partial charge in [0.1, 0.15) is 0 Å². The Labute approximate surface area is 128 Å². The van der Waals surface area contributed by atoms with Crippen LogP contribution in [0.5, 0.6) is 0 Å². The first-order chi connectivity index (χ1) is 10.3. The maximum Gasteiger partial charge on any atom is 0.224 e. The molecule has 0 bridgehead atoms. The molecule has 1 aliphatic rings. The summed E-state index contributed by atoms with van der Waals surface area (Å²) in [5.41, 5.74) is 2.23. The van der Waals surface area contributed by atoms with Crippen molar-refractivity contribution in [2.75, 3.05) is 18.4 Å². The van der Waals surface area contributed by atoms with Crippen molar-refractivity contribution in [3.8, 4) is 0 Å². The van der Waals surface area contributed by atoms with Gasteiger partial charge in [-0.25, -0.2) is 0 Å². The largest absolute Gasteiger partial charge is 0.385 e. The Bertz CT molecular complexity index is 421. The summed E-state index contributed by atoms with van der Waals surface area (Å²) < 4.78 is 0. The molecule has 0 radical (unpaired) electrons. The molecule has 1 fully saturated rings. The van der Waals surface area contributed by atoms with Gasteiger partial charge in [0.05, 0.1) is 6.42 Å². The normalized spacial score (nSPS) is 15.7. The zero-order valence-electron chi connectivity index (χ0n) is 13.2. The number of amides is 1. The van der Waals surface area contributed by atoms with Gasteiger partial charge in [-0.2, -0.15) is 0 Å². The van der Waals surface area contributed by atoms with E-state index in [1.54, 1.807) is 0 Å². The van der Waals surface area contributed by atoms with Gasteiger partial charge in [-0.1, -0.05) is 44.2 Å². The molecule has 0 atom stereocenters. The van der Waals surface area contributed by atoms with Gasteiger partial charge in [-0.05, 0) is 37.0 Å². The van der Waals surface area contributed by atoms with Crippen molar-refractivity contribution < 1.29 is 4.79 Å². The van der Waals surface area contributed by atoms with E-state index in [0.29, 0.717) is 13.0 Å². The zero-order chi connectivity index (χ0) is 14.9. The van der Waals surface area contributed by atoms with E-state index in [9.17, 15) is 4.79 Å². The monoisotopic (exact) mass is 288 g/mol. The second kappa shape index (κ2) is 8.71. The highest BCUT2D eigenvalue weighted by molar-refractivity contribution is 5.78. The summed E-state index contributed by atoms with van der Waals surface area (Å²) in [5, 5.41) is 6.32. The number of anilines is 1. The Morgan fingerprint density at radius 3 is 2.52 bits per heavy atom. The first kappa shape index (κ1) is 15.9. The maximum absolute atomic E-state index is 11.5. The topological polar surface area (TPSA) is 41.1 Å². The van der Waals surface area contributed by atoms with Gasteiger partial charge in [0.15, 0.2) is 0 Å². The molecule has 116 valence electrons. The van der Waals surface area contributed by atoms with E-state index in [-0.39, 0.29) is 5.91 Å². The van der Waals surface area contributed by atoms with Crippen LogP contribution in [-0.4, -0.2) is 19.0 Å². The molecule has 0 heterocycles. The van der Waals surface area contributed by atoms with Crippen LogP contribution < -0.4 is 10.6 Å². The molecule has 0 aromatic heterocycles. The standard InChI is InChI=1S/C18H28N2O/c1-2-19-18(21)14-16-8-10-17(11-9-16)20-13-12-15-6-4-3-5-7-15/h8-11,15,20H,2-7,12-14H2,1H3,(H,19,21). The Balaban J connectivity index is 1.70. The van der Waals surface area contributed by atoms with E-state index in [0.717, 1.165) is 23.7 Å². The molecule has 3 heteroatoms. The van der Waals surface area contributed by atoms with Crippen molar-refractivity contribution in [2.45, 2.75) is 51.9 Å². The van der Waals surface area contributed by atoms with Crippen molar-refractivity contribution in [1.82, 2.24) is 5.32 Å². The summed E-state index contributed by atoms with van der Waals surface area (Å²) in [7, 11) is 0. The summed E-state index contributed by atoms with van der Waals surface area (Å²) >= 11 is 0. The molecular formula is C18H28N2O. The molecule has 21 heavy (non-hydrogen) atoms. The van der Waals surface area contributed by atoms with Crippen LogP contribution in [0.25, 0.3) is 0 Å². The number of rotatable bonds is 7. The smallest absolute Gasteiger partial charge is 0.224 e.